The second-order valence-electron chi connectivity index (χ2n) is 2.89. The van der Waals surface area contributed by atoms with Crippen LogP contribution in [0.2, 0.25) is 0 Å². The van der Waals surface area contributed by atoms with Crippen molar-refractivity contribution in [3.63, 3.8) is 0 Å². The minimum atomic E-state index is -1.25. The summed E-state index contributed by atoms with van der Waals surface area (Å²) in [5.41, 5.74) is 5.02. The van der Waals surface area contributed by atoms with E-state index in [1.165, 1.54) is 0 Å². The number of aromatic hydroxyl groups is 1. The number of benzene rings is 1. The largest absolute Gasteiger partial charge is 0.503 e. The zero-order chi connectivity index (χ0) is 11.6. The van der Waals surface area contributed by atoms with Gasteiger partial charge >= 0.3 is 0 Å². The summed E-state index contributed by atoms with van der Waals surface area (Å²) in [6, 6.07) is 0.786. The van der Waals surface area contributed by atoms with Gasteiger partial charge in [0.05, 0.1) is 13.2 Å². The SMILES string of the molecule is COc1c(C(O)CN)cc(F)c(O)c1F. The molecule has 0 heterocycles. The number of aliphatic hydroxyl groups is 1. The highest BCUT2D eigenvalue weighted by Gasteiger charge is 2.22. The Hall–Kier alpha value is -1.40. The molecule has 6 heteroatoms. The molecule has 0 aromatic heterocycles. The normalized spacial score (nSPS) is 12.6. The summed E-state index contributed by atoms with van der Waals surface area (Å²) in [5, 5.41) is 18.3. The van der Waals surface area contributed by atoms with Crippen LogP contribution in [0.3, 0.4) is 0 Å². The molecule has 4 nitrogen and oxygen atoms in total. The number of nitrogens with two attached hydrogens (primary N) is 1. The van der Waals surface area contributed by atoms with Crippen molar-refractivity contribution in [3.05, 3.63) is 23.3 Å². The fraction of sp³-hybridized carbons (Fsp3) is 0.333. The maximum absolute atomic E-state index is 13.3. The molecular weight excluding hydrogens is 208 g/mol. The number of hydrogen-bond donors (Lipinski definition) is 3. The van der Waals surface area contributed by atoms with Gasteiger partial charge in [-0.1, -0.05) is 0 Å². The van der Waals surface area contributed by atoms with Crippen molar-refractivity contribution in [1.29, 1.82) is 0 Å². The van der Waals surface area contributed by atoms with Gasteiger partial charge in [-0.05, 0) is 6.07 Å². The van der Waals surface area contributed by atoms with E-state index >= 15 is 0 Å². The monoisotopic (exact) mass is 219 g/mol. The molecular formula is C9H11F2NO3. The lowest BCUT2D eigenvalue weighted by Crippen LogP contribution is -2.13. The van der Waals surface area contributed by atoms with E-state index in [0.717, 1.165) is 13.2 Å². The van der Waals surface area contributed by atoms with Crippen LogP contribution >= 0.6 is 0 Å². The molecule has 4 N–H and O–H groups in total. The number of phenolic OH excluding ortho intramolecular Hbond substituents is 1. The lowest BCUT2D eigenvalue weighted by molar-refractivity contribution is 0.179. The van der Waals surface area contributed by atoms with E-state index in [1.807, 2.05) is 0 Å². The zero-order valence-electron chi connectivity index (χ0n) is 8.00. The molecule has 0 spiro atoms. The molecule has 0 bridgehead atoms. The van der Waals surface area contributed by atoms with Gasteiger partial charge in [-0.25, -0.2) is 4.39 Å². The molecule has 0 aliphatic carbocycles. The zero-order valence-corrected chi connectivity index (χ0v) is 8.00. The quantitative estimate of drug-likeness (QED) is 0.698. The van der Waals surface area contributed by atoms with Gasteiger partial charge in [-0.15, -0.1) is 0 Å². The molecule has 15 heavy (non-hydrogen) atoms. The Morgan fingerprint density at radius 2 is 2.13 bits per heavy atom. The predicted molar refractivity (Wildman–Crippen MR) is 48.6 cm³/mol. The van der Waals surface area contributed by atoms with Crippen molar-refractivity contribution in [3.8, 4) is 11.5 Å². The van der Waals surface area contributed by atoms with Crippen LogP contribution in [0.15, 0.2) is 6.07 Å². The Labute approximate surface area is 84.9 Å². The maximum atomic E-state index is 13.3. The first-order chi connectivity index (χ1) is 7.02. The summed E-state index contributed by atoms with van der Waals surface area (Å²) in [6.45, 7) is -0.208. The molecule has 1 atom stereocenters. The summed E-state index contributed by atoms with van der Waals surface area (Å²) in [6.07, 6.45) is -1.25. The first-order valence-corrected chi connectivity index (χ1v) is 4.15. The highest BCUT2D eigenvalue weighted by Crippen LogP contribution is 2.35. The Morgan fingerprint density at radius 3 is 2.60 bits per heavy atom. The van der Waals surface area contributed by atoms with E-state index in [9.17, 15) is 13.9 Å². The van der Waals surface area contributed by atoms with Gasteiger partial charge in [-0.2, -0.15) is 4.39 Å². The summed E-state index contributed by atoms with van der Waals surface area (Å²) >= 11 is 0. The molecule has 1 unspecified atom stereocenters. The Morgan fingerprint density at radius 1 is 1.53 bits per heavy atom. The molecule has 1 aromatic rings. The molecule has 84 valence electrons. The van der Waals surface area contributed by atoms with E-state index in [0.29, 0.717) is 0 Å². The van der Waals surface area contributed by atoms with Crippen LogP contribution in [0, 0.1) is 11.6 Å². The Kier molecular flexibility index (Phi) is 3.43. The second kappa shape index (κ2) is 4.41. The van der Waals surface area contributed by atoms with Crippen LogP contribution in [0.5, 0.6) is 11.5 Å². The topological polar surface area (TPSA) is 75.7 Å². The van der Waals surface area contributed by atoms with Gasteiger partial charge in [-0.3, -0.25) is 0 Å². The number of rotatable bonds is 3. The van der Waals surface area contributed by atoms with Crippen molar-refractivity contribution < 1.29 is 23.7 Å². The third-order valence-corrected chi connectivity index (χ3v) is 1.96. The smallest absolute Gasteiger partial charge is 0.210 e. The van der Waals surface area contributed by atoms with E-state index in [-0.39, 0.29) is 12.1 Å². The van der Waals surface area contributed by atoms with Crippen molar-refractivity contribution in [2.24, 2.45) is 5.73 Å². The van der Waals surface area contributed by atoms with Gasteiger partial charge in [0.2, 0.25) is 5.82 Å². The molecule has 0 saturated carbocycles. The molecule has 0 radical (unpaired) electrons. The van der Waals surface area contributed by atoms with Gasteiger partial charge in [0.1, 0.15) is 0 Å². The van der Waals surface area contributed by atoms with Gasteiger partial charge in [0.15, 0.2) is 17.3 Å². The number of halogens is 2. The summed E-state index contributed by atoms with van der Waals surface area (Å²) < 4.78 is 30.8. The standard InChI is InChI=1S/C9H11F2NO3/c1-15-9-4(6(13)3-12)2-5(10)8(14)7(9)11/h2,6,13-14H,3,12H2,1H3. The van der Waals surface area contributed by atoms with Crippen LogP contribution in [0.1, 0.15) is 11.7 Å². The van der Waals surface area contributed by atoms with Crippen LogP contribution < -0.4 is 10.5 Å². The van der Waals surface area contributed by atoms with E-state index in [1.54, 1.807) is 0 Å². The third kappa shape index (κ3) is 2.00. The van der Waals surface area contributed by atoms with Crippen molar-refractivity contribution in [2.45, 2.75) is 6.10 Å². The van der Waals surface area contributed by atoms with Crippen molar-refractivity contribution >= 4 is 0 Å². The summed E-state index contributed by atoms with van der Waals surface area (Å²) in [5.74, 6) is -3.97. The minimum absolute atomic E-state index is 0.132. The van der Waals surface area contributed by atoms with Crippen LogP contribution in [-0.4, -0.2) is 23.9 Å². The average molecular weight is 219 g/mol. The van der Waals surface area contributed by atoms with Gasteiger partial charge in [0, 0.05) is 12.1 Å². The predicted octanol–water partition coefficient (Wildman–Crippen LogP) is 0.671. The fourth-order valence-electron chi connectivity index (χ4n) is 1.19. The highest BCUT2D eigenvalue weighted by molar-refractivity contribution is 5.44. The summed E-state index contributed by atoms with van der Waals surface area (Å²) in [4.78, 5) is 0. The first-order valence-electron chi connectivity index (χ1n) is 4.15. The lowest BCUT2D eigenvalue weighted by atomic mass is 10.1. The number of hydrogen-bond acceptors (Lipinski definition) is 4. The molecule has 0 aliphatic heterocycles. The Balaban J connectivity index is 3.38. The number of methoxy groups -OCH3 is 1. The molecule has 0 aliphatic rings. The van der Waals surface area contributed by atoms with Crippen LogP contribution in [-0.2, 0) is 0 Å². The fourth-order valence-corrected chi connectivity index (χ4v) is 1.19. The molecule has 0 saturated heterocycles. The summed E-state index contributed by atoms with van der Waals surface area (Å²) in [7, 11) is 1.14. The van der Waals surface area contributed by atoms with E-state index in [4.69, 9.17) is 10.8 Å². The number of ether oxygens (including phenoxy) is 1. The van der Waals surface area contributed by atoms with Crippen LogP contribution in [0.25, 0.3) is 0 Å². The number of aliphatic hydroxyl groups excluding tert-OH is 1. The molecule has 0 amide bonds. The Bertz CT molecular complexity index is 371. The lowest BCUT2D eigenvalue weighted by Gasteiger charge is -2.14. The van der Waals surface area contributed by atoms with Crippen molar-refractivity contribution in [1.82, 2.24) is 0 Å². The number of phenols is 1. The molecule has 1 rings (SSSR count). The molecule has 1 aromatic carbocycles. The van der Waals surface area contributed by atoms with Gasteiger partial charge < -0.3 is 20.7 Å². The first kappa shape index (κ1) is 11.7. The van der Waals surface area contributed by atoms with E-state index in [2.05, 4.69) is 4.74 Å². The molecule has 0 fully saturated rings. The van der Waals surface area contributed by atoms with Crippen LogP contribution in [0.4, 0.5) is 8.78 Å². The maximum Gasteiger partial charge on any atom is 0.210 e. The minimum Gasteiger partial charge on any atom is -0.503 e. The van der Waals surface area contributed by atoms with E-state index < -0.39 is 29.2 Å². The van der Waals surface area contributed by atoms with Gasteiger partial charge in [0.25, 0.3) is 0 Å². The van der Waals surface area contributed by atoms with Crippen molar-refractivity contribution in [2.75, 3.05) is 13.7 Å². The average Bonchev–Trinajstić information content (AvgIpc) is 2.24. The third-order valence-electron chi connectivity index (χ3n) is 1.96. The highest BCUT2D eigenvalue weighted by atomic mass is 19.1. The second-order valence-corrected chi connectivity index (χ2v) is 2.89.